The van der Waals surface area contributed by atoms with E-state index in [4.69, 9.17) is 5.73 Å². The van der Waals surface area contributed by atoms with E-state index in [9.17, 15) is 8.42 Å². The highest BCUT2D eigenvalue weighted by Crippen LogP contribution is 2.34. The maximum Gasteiger partial charge on any atom is 0.254 e. The third-order valence-electron chi connectivity index (χ3n) is 2.98. The van der Waals surface area contributed by atoms with E-state index in [0.29, 0.717) is 34.0 Å². The van der Waals surface area contributed by atoms with Crippen LogP contribution in [0.25, 0.3) is 0 Å². The lowest BCUT2D eigenvalue weighted by atomic mass is 10.4. The molecule has 1 aliphatic carbocycles. The molecular formula is C11H19N3O2S2. The van der Waals surface area contributed by atoms with Crippen molar-refractivity contribution in [3.05, 3.63) is 5.69 Å². The molecule has 18 heavy (non-hydrogen) atoms. The lowest BCUT2D eigenvalue weighted by Gasteiger charge is -2.20. The van der Waals surface area contributed by atoms with E-state index in [1.165, 1.54) is 0 Å². The van der Waals surface area contributed by atoms with Crippen molar-refractivity contribution in [3.63, 3.8) is 0 Å². The highest BCUT2D eigenvalue weighted by atomic mass is 32.2. The second-order valence-corrected chi connectivity index (χ2v) is 7.90. The van der Waals surface area contributed by atoms with Crippen molar-refractivity contribution in [2.24, 2.45) is 5.92 Å². The molecule has 2 N–H and O–H groups in total. The summed E-state index contributed by atoms with van der Waals surface area (Å²) < 4.78 is 27.0. The molecule has 5 nitrogen and oxygen atoms in total. The van der Waals surface area contributed by atoms with E-state index in [1.807, 2.05) is 6.92 Å². The molecule has 2 rings (SSSR count). The quantitative estimate of drug-likeness (QED) is 0.867. The molecule has 0 saturated heterocycles. The van der Waals surface area contributed by atoms with Gasteiger partial charge in [-0.1, -0.05) is 18.3 Å². The van der Waals surface area contributed by atoms with Crippen LogP contribution in [0, 0.1) is 12.8 Å². The summed E-state index contributed by atoms with van der Waals surface area (Å²) in [5.41, 5.74) is 6.10. The molecule has 102 valence electrons. The van der Waals surface area contributed by atoms with Crippen LogP contribution in [-0.2, 0) is 10.0 Å². The van der Waals surface area contributed by atoms with E-state index >= 15 is 0 Å². The number of aryl methyl sites for hydroxylation is 1. The first-order valence-electron chi connectivity index (χ1n) is 6.18. The number of nitrogens with two attached hydrogens (primary N) is 1. The Balaban J connectivity index is 2.28. The molecular weight excluding hydrogens is 270 g/mol. The van der Waals surface area contributed by atoms with Gasteiger partial charge in [0.15, 0.2) is 9.34 Å². The highest BCUT2D eigenvalue weighted by Gasteiger charge is 2.33. The number of anilines is 1. The van der Waals surface area contributed by atoms with Crippen molar-refractivity contribution in [3.8, 4) is 0 Å². The van der Waals surface area contributed by atoms with Crippen LogP contribution in [0.5, 0.6) is 0 Å². The Morgan fingerprint density at radius 1 is 1.50 bits per heavy atom. The lowest BCUT2D eigenvalue weighted by Crippen LogP contribution is -2.33. The molecule has 1 heterocycles. The van der Waals surface area contributed by atoms with Crippen LogP contribution in [0.2, 0.25) is 0 Å². The van der Waals surface area contributed by atoms with Gasteiger partial charge >= 0.3 is 0 Å². The minimum absolute atomic E-state index is 0.300. The molecule has 0 unspecified atom stereocenters. The number of hydrogen-bond donors (Lipinski definition) is 1. The molecule has 0 radical (unpaired) electrons. The predicted octanol–water partition coefficient (Wildman–Crippen LogP) is 1.84. The van der Waals surface area contributed by atoms with Crippen molar-refractivity contribution in [2.45, 2.75) is 37.3 Å². The summed E-state index contributed by atoms with van der Waals surface area (Å²) in [7, 11) is -3.42. The van der Waals surface area contributed by atoms with Crippen LogP contribution in [0.1, 0.15) is 31.9 Å². The number of aromatic nitrogens is 1. The molecule has 0 atom stereocenters. The normalized spacial score (nSPS) is 16.4. The molecule has 0 aromatic carbocycles. The van der Waals surface area contributed by atoms with Crippen LogP contribution in [0.3, 0.4) is 0 Å². The van der Waals surface area contributed by atoms with Gasteiger partial charge in [-0.3, -0.25) is 0 Å². The number of nitrogen functional groups attached to an aromatic ring is 1. The molecule has 0 amide bonds. The van der Waals surface area contributed by atoms with Gasteiger partial charge in [0.25, 0.3) is 10.0 Å². The SMILES string of the molecule is CCCN(CC1CC1)S(=O)(=O)c1sc(N)nc1C. The fraction of sp³-hybridized carbons (Fsp3) is 0.727. The number of nitrogens with zero attached hydrogens (tertiary/aromatic N) is 2. The predicted molar refractivity (Wildman–Crippen MR) is 73.0 cm³/mol. The average Bonchev–Trinajstić information content (AvgIpc) is 3.02. The molecule has 1 aromatic rings. The summed E-state index contributed by atoms with van der Waals surface area (Å²) in [4.78, 5) is 4.01. The van der Waals surface area contributed by atoms with Crippen molar-refractivity contribution < 1.29 is 8.42 Å². The van der Waals surface area contributed by atoms with Gasteiger partial charge in [-0.15, -0.1) is 0 Å². The zero-order valence-electron chi connectivity index (χ0n) is 10.7. The zero-order valence-corrected chi connectivity index (χ0v) is 12.4. The molecule has 1 saturated carbocycles. The van der Waals surface area contributed by atoms with E-state index < -0.39 is 10.0 Å². The number of sulfonamides is 1. The minimum Gasteiger partial charge on any atom is -0.375 e. The minimum atomic E-state index is -3.42. The zero-order chi connectivity index (χ0) is 13.3. The van der Waals surface area contributed by atoms with E-state index in [1.54, 1.807) is 11.2 Å². The maximum absolute atomic E-state index is 12.6. The van der Waals surface area contributed by atoms with Gasteiger partial charge in [0.1, 0.15) is 0 Å². The van der Waals surface area contributed by atoms with E-state index in [2.05, 4.69) is 4.98 Å². The summed E-state index contributed by atoms with van der Waals surface area (Å²) in [6.45, 7) is 4.88. The molecule has 7 heteroatoms. The summed E-state index contributed by atoms with van der Waals surface area (Å²) in [5, 5.41) is 0.314. The Bertz CT molecular complexity index is 520. The number of rotatable bonds is 6. The molecule has 0 bridgehead atoms. The fourth-order valence-electron chi connectivity index (χ4n) is 1.91. The Kier molecular flexibility index (Phi) is 3.93. The van der Waals surface area contributed by atoms with Crippen molar-refractivity contribution >= 4 is 26.5 Å². The second-order valence-electron chi connectivity index (χ2n) is 4.73. The summed E-state index contributed by atoms with van der Waals surface area (Å²) >= 11 is 1.06. The van der Waals surface area contributed by atoms with Crippen molar-refractivity contribution in [1.82, 2.24) is 9.29 Å². The fourth-order valence-corrected chi connectivity index (χ4v) is 4.95. The van der Waals surface area contributed by atoms with Gasteiger partial charge in [0.2, 0.25) is 0 Å². The first-order valence-corrected chi connectivity index (χ1v) is 8.44. The molecule has 0 aliphatic heterocycles. The first kappa shape index (κ1) is 13.8. The molecule has 1 aromatic heterocycles. The van der Waals surface area contributed by atoms with Gasteiger partial charge in [0.05, 0.1) is 5.69 Å². The standard InChI is InChI=1S/C11H19N3O2S2/c1-3-6-14(7-9-4-5-9)18(15,16)10-8(2)13-11(12)17-10/h9H,3-7H2,1-2H3,(H2,12,13). The first-order chi connectivity index (χ1) is 8.45. The van der Waals surface area contributed by atoms with Gasteiger partial charge < -0.3 is 5.73 Å². The third kappa shape index (κ3) is 2.84. The lowest BCUT2D eigenvalue weighted by molar-refractivity contribution is 0.396. The second kappa shape index (κ2) is 5.14. The Labute approximate surface area is 112 Å². The summed E-state index contributed by atoms with van der Waals surface area (Å²) in [5.74, 6) is 0.539. The molecule has 0 spiro atoms. The third-order valence-corrected chi connectivity index (χ3v) is 6.42. The molecule has 1 fully saturated rings. The number of thiazole rings is 1. The molecule has 1 aliphatic rings. The van der Waals surface area contributed by atoms with Crippen LogP contribution in [-0.4, -0.2) is 30.8 Å². The van der Waals surface area contributed by atoms with Gasteiger partial charge in [0, 0.05) is 13.1 Å². The van der Waals surface area contributed by atoms with Crippen LogP contribution < -0.4 is 5.73 Å². The van der Waals surface area contributed by atoms with Crippen LogP contribution in [0.15, 0.2) is 4.21 Å². The summed E-state index contributed by atoms with van der Waals surface area (Å²) in [6.07, 6.45) is 3.10. The maximum atomic E-state index is 12.6. The van der Waals surface area contributed by atoms with Crippen LogP contribution in [0.4, 0.5) is 5.13 Å². The van der Waals surface area contributed by atoms with Gasteiger partial charge in [-0.25, -0.2) is 13.4 Å². The Morgan fingerprint density at radius 2 is 2.17 bits per heavy atom. The smallest absolute Gasteiger partial charge is 0.254 e. The van der Waals surface area contributed by atoms with Crippen molar-refractivity contribution in [2.75, 3.05) is 18.8 Å². The highest BCUT2D eigenvalue weighted by molar-refractivity contribution is 7.91. The monoisotopic (exact) mass is 289 g/mol. The Morgan fingerprint density at radius 3 is 2.61 bits per heavy atom. The average molecular weight is 289 g/mol. The van der Waals surface area contributed by atoms with Gasteiger partial charge in [-0.2, -0.15) is 4.31 Å². The van der Waals surface area contributed by atoms with Gasteiger partial charge in [-0.05, 0) is 32.1 Å². The Hall–Kier alpha value is -0.660. The van der Waals surface area contributed by atoms with E-state index in [-0.39, 0.29) is 0 Å². The van der Waals surface area contributed by atoms with Crippen molar-refractivity contribution in [1.29, 1.82) is 0 Å². The van der Waals surface area contributed by atoms with E-state index in [0.717, 1.165) is 30.6 Å². The van der Waals surface area contributed by atoms with Crippen LogP contribution >= 0.6 is 11.3 Å². The summed E-state index contributed by atoms with van der Waals surface area (Å²) in [6, 6.07) is 0. The largest absolute Gasteiger partial charge is 0.375 e. The topological polar surface area (TPSA) is 76.3 Å². The number of hydrogen-bond acceptors (Lipinski definition) is 5.